The van der Waals surface area contributed by atoms with Crippen LogP contribution in [0.15, 0.2) is 47.5 Å². The Morgan fingerprint density at radius 1 is 1.12 bits per heavy atom. The van der Waals surface area contributed by atoms with Gasteiger partial charge in [0.2, 0.25) is 0 Å². The van der Waals surface area contributed by atoms with Crippen LogP contribution in [0.25, 0.3) is 16.9 Å². The van der Waals surface area contributed by atoms with Crippen molar-refractivity contribution in [3.05, 3.63) is 75.8 Å². The number of rotatable bonds is 4. The number of anilines is 1. The first-order chi connectivity index (χ1) is 15.8. The van der Waals surface area contributed by atoms with E-state index in [1.54, 1.807) is 4.90 Å². The largest absolute Gasteiger partial charge is 0.397 e. The Labute approximate surface area is 186 Å². The molecule has 0 bridgehead atoms. The number of morpholine rings is 1. The maximum Gasteiger partial charge on any atom is 0.268 e. The molecule has 3 heterocycles. The monoisotopic (exact) mass is 454 g/mol. The second-order valence-electron chi connectivity index (χ2n) is 7.33. The molecule has 0 radical (unpaired) electrons. The van der Waals surface area contributed by atoms with Crippen molar-refractivity contribution in [3.63, 3.8) is 0 Å². The predicted molar refractivity (Wildman–Crippen MR) is 117 cm³/mol. The topological polar surface area (TPSA) is 140 Å². The first-order valence-electron chi connectivity index (χ1n) is 9.97. The summed E-state index contributed by atoms with van der Waals surface area (Å²) in [5.41, 5.74) is 10.2. The number of nitrogens with one attached hydrogen (secondary N) is 1. The molecule has 1 aliphatic heterocycles. The molecule has 1 aliphatic rings. The van der Waals surface area contributed by atoms with Gasteiger partial charge in [0, 0.05) is 31.0 Å². The summed E-state index contributed by atoms with van der Waals surface area (Å²) in [5, 5.41) is 7.76. The molecule has 0 aliphatic carbocycles. The van der Waals surface area contributed by atoms with Crippen LogP contribution in [-0.4, -0.2) is 52.5 Å². The van der Waals surface area contributed by atoms with E-state index in [0.29, 0.717) is 36.4 Å². The van der Waals surface area contributed by atoms with Crippen LogP contribution in [0.4, 0.5) is 14.5 Å². The first kappa shape index (κ1) is 22.1. The highest BCUT2D eigenvalue weighted by Gasteiger charge is 2.23. The molecule has 9 nitrogen and oxygen atoms in total. The molecule has 1 aromatic carbocycles. The first-order valence-corrected chi connectivity index (χ1v) is 9.97. The van der Waals surface area contributed by atoms with Gasteiger partial charge in [0.25, 0.3) is 11.5 Å². The van der Waals surface area contributed by atoms with Crippen LogP contribution in [-0.2, 0) is 4.74 Å². The fourth-order valence-corrected chi connectivity index (χ4v) is 3.61. The standard InChI is InChI=1S/C22H20F2N6O3/c23-14-2-1-3-15(24)19(14)30-11-13(18(25)17(20(26)27)22(30)32)16-5-4-12(10-28-16)21(31)29-6-8-33-9-7-29/h1-5,10-11H,6-9,25H2,(H3,26,27). The van der Waals surface area contributed by atoms with Gasteiger partial charge < -0.3 is 21.1 Å². The van der Waals surface area contributed by atoms with Crippen LogP contribution >= 0.6 is 0 Å². The fraction of sp³-hybridized carbons (Fsp3) is 0.182. The van der Waals surface area contributed by atoms with Gasteiger partial charge >= 0.3 is 0 Å². The SMILES string of the molecule is N=C(N)c1c(N)c(-c2ccc(C(=O)N3CCOCC3)cn2)cn(-c2c(F)cccc2F)c1=O. The van der Waals surface area contributed by atoms with Gasteiger partial charge in [-0.2, -0.15) is 0 Å². The summed E-state index contributed by atoms with van der Waals surface area (Å²) in [4.78, 5) is 31.4. The molecule has 170 valence electrons. The lowest BCUT2D eigenvalue weighted by atomic mass is 10.1. The molecule has 11 heteroatoms. The van der Waals surface area contributed by atoms with Crippen molar-refractivity contribution in [2.45, 2.75) is 0 Å². The predicted octanol–water partition coefficient (Wildman–Crippen LogP) is 1.52. The molecule has 33 heavy (non-hydrogen) atoms. The van der Waals surface area contributed by atoms with Gasteiger partial charge in [-0.25, -0.2) is 8.78 Å². The Hall–Kier alpha value is -4.12. The summed E-state index contributed by atoms with van der Waals surface area (Å²) in [6.45, 7) is 1.84. The highest BCUT2D eigenvalue weighted by atomic mass is 19.1. The minimum atomic E-state index is -0.985. The van der Waals surface area contributed by atoms with Gasteiger partial charge in [-0.05, 0) is 24.3 Å². The number of halogens is 2. The zero-order valence-electron chi connectivity index (χ0n) is 17.3. The molecular weight excluding hydrogens is 434 g/mol. The number of aromatic nitrogens is 2. The number of benzene rings is 1. The minimum absolute atomic E-state index is 0.118. The summed E-state index contributed by atoms with van der Waals surface area (Å²) >= 11 is 0. The van der Waals surface area contributed by atoms with Crippen molar-refractivity contribution in [3.8, 4) is 16.9 Å². The number of para-hydroxylation sites is 1. The van der Waals surface area contributed by atoms with Crippen molar-refractivity contribution >= 4 is 17.4 Å². The third kappa shape index (κ3) is 4.05. The number of carbonyl (C=O) groups is 1. The van der Waals surface area contributed by atoms with E-state index in [2.05, 4.69) is 4.98 Å². The highest BCUT2D eigenvalue weighted by Crippen LogP contribution is 2.28. The van der Waals surface area contributed by atoms with Crippen LogP contribution in [0.3, 0.4) is 0 Å². The Morgan fingerprint density at radius 2 is 1.79 bits per heavy atom. The second kappa shape index (κ2) is 8.79. The van der Waals surface area contributed by atoms with Crippen molar-refractivity contribution in [1.29, 1.82) is 5.41 Å². The lowest BCUT2D eigenvalue weighted by Crippen LogP contribution is -2.40. The van der Waals surface area contributed by atoms with Gasteiger partial charge in [0.1, 0.15) is 28.7 Å². The Bertz CT molecular complexity index is 1280. The van der Waals surface area contributed by atoms with Crippen LogP contribution in [0.1, 0.15) is 15.9 Å². The van der Waals surface area contributed by atoms with Gasteiger partial charge in [-0.15, -0.1) is 0 Å². The maximum absolute atomic E-state index is 14.4. The summed E-state index contributed by atoms with van der Waals surface area (Å²) in [7, 11) is 0. The van der Waals surface area contributed by atoms with E-state index in [9.17, 15) is 18.4 Å². The molecular formula is C22H20F2N6O3. The molecule has 0 atom stereocenters. The third-order valence-electron chi connectivity index (χ3n) is 5.28. The fourth-order valence-electron chi connectivity index (χ4n) is 3.61. The number of hydrogen-bond acceptors (Lipinski definition) is 6. The van der Waals surface area contributed by atoms with Gasteiger partial charge in [0.15, 0.2) is 0 Å². The average Bonchev–Trinajstić information content (AvgIpc) is 2.80. The average molecular weight is 454 g/mol. The van der Waals surface area contributed by atoms with Crippen LogP contribution in [0, 0.1) is 17.0 Å². The van der Waals surface area contributed by atoms with Crippen molar-refractivity contribution in [2.75, 3.05) is 32.0 Å². The smallest absolute Gasteiger partial charge is 0.268 e. The molecule has 1 fully saturated rings. The Balaban J connectivity index is 1.82. The molecule has 1 saturated heterocycles. The lowest BCUT2D eigenvalue weighted by Gasteiger charge is -2.26. The summed E-state index contributed by atoms with van der Waals surface area (Å²) < 4.78 is 34.8. The maximum atomic E-state index is 14.4. The quantitative estimate of drug-likeness (QED) is 0.403. The summed E-state index contributed by atoms with van der Waals surface area (Å²) in [6.07, 6.45) is 2.48. The van der Waals surface area contributed by atoms with Crippen LogP contribution in [0.2, 0.25) is 0 Å². The zero-order valence-corrected chi connectivity index (χ0v) is 17.3. The molecule has 0 saturated carbocycles. The van der Waals surface area contributed by atoms with E-state index in [1.165, 1.54) is 18.3 Å². The van der Waals surface area contributed by atoms with Crippen LogP contribution in [0.5, 0.6) is 0 Å². The summed E-state index contributed by atoms with van der Waals surface area (Å²) in [6, 6.07) is 6.19. The Morgan fingerprint density at radius 3 is 2.36 bits per heavy atom. The number of carbonyl (C=O) groups excluding carboxylic acids is 1. The van der Waals surface area contributed by atoms with Crippen LogP contribution < -0.4 is 17.0 Å². The molecule has 5 N–H and O–H groups in total. The number of amides is 1. The second-order valence-corrected chi connectivity index (χ2v) is 7.33. The van der Waals surface area contributed by atoms with Crippen molar-refractivity contribution in [2.24, 2.45) is 5.73 Å². The number of pyridine rings is 2. The number of nitrogens with zero attached hydrogens (tertiary/aromatic N) is 3. The van der Waals surface area contributed by atoms with E-state index in [0.717, 1.165) is 24.4 Å². The molecule has 0 unspecified atom stereocenters. The summed E-state index contributed by atoms with van der Waals surface area (Å²) in [5.74, 6) is -2.85. The number of nitrogen functional groups attached to an aromatic ring is 2. The number of ether oxygens (including phenoxy) is 1. The Kier molecular flexibility index (Phi) is 5.88. The molecule has 1 amide bonds. The minimum Gasteiger partial charge on any atom is -0.397 e. The number of amidine groups is 1. The molecule has 3 aromatic rings. The highest BCUT2D eigenvalue weighted by molar-refractivity contribution is 6.02. The molecule has 0 spiro atoms. The van der Waals surface area contributed by atoms with Gasteiger partial charge in [-0.3, -0.25) is 24.5 Å². The number of nitrogens with two attached hydrogens (primary N) is 2. The van der Waals surface area contributed by atoms with E-state index >= 15 is 0 Å². The normalized spacial score (nSPS) is 13.7. The third-order valence-corrected chi connectivity index (χ3v) is 5.28. The molecule has 2 aromatic heterocycles. The van der Waals surface area contributed by atoms with E-state index in [1.807, 2.05) is 0 Å². The van der Waals surface area contributed by atoms with E-state index < -0.39 is 34.3 Å². The molecule has 4 rings (SSSR count). The number of hydrogen-bond donors (Lipinski definition) is 3. The van der Waals surface area contributed by atoms with Gasteiger partial charge in [0.05, 0.1) is 30.2 Å². The van der Waals surface area contributed by atoms with Gasteiger partial charge in [-0.1, -0.05) is 6.07 Å². The lowest BCUT2D eigenvalue weighted by molar-refractivity contribution is 0.0302. The van der Waals surface area contributed by atoms with E-state index in [-0.39, 0.29) is 22.9 Å². The van der Waals surface area contributed by atoms with Crippen molar-refractivity contribution in [1.82, 2.24) is 14.5 Å². The van der Waals surface area contributed by atoms with E-state index in [4.69, 9.17) is 21.6 Å². The zero-order chi connectivity index (χ0) is 23.7. The van der Waals surface area contributed by atoms with Crippen molar-refractivity contribution < 1.29 is 18.3 Å².